The molecule has 2 aromatic heterocycles. The van der Waals surface area contributed by atoms with Gasteiger partial charge in [0, 0.05) is 70.5 Å². The number of methoxy groups -OCH3 is 2. The first-order valence-corrected chi connectivity index (χ1v) is 22.1. The maximum absolute atomic E-state index is 9.86. The maximum atomic E-state index is 9.86. The van der Waals surface area contributed by atoms with Gasteiger partial charge in [-0.05, 0) is 86.4 Å². The number of nitrogens with zero attached hydrogens (tertiary/aromatic N) is 4. The van der Waals surface area contributed by atoms with Gasteiger partial charge in [0.2, 0.25) is 0 Å². The number of fused-ring (bicyclic) bond motifs is 7. The molecule has 15 heteroatoms. The quantitative estimate of drug-likeness (QED) is 0.0563. The Hall–Kier alpha value is -3.28. The summed E-state index contributed by atoms with van der Waals surface area (Å²) in [5, 5.41) is 20.4. The molecule has 2 N–H and O–H groups in total. The molecular formula is C49H66LuN4O10-2. The third kappa shape index (κ3) is 15.4. The van der Waals surface area contributed by atoms with E-state index in [0.29, 0.717) is 114 Å². The minimum atomic E-state index is 0. The molecule has 1 aromatic carbocycles. The van der Waals surface area contributed by atoms with Gasteiger partial charge in [0.25, 0.3) is 0 Å². The molecular weight excluding hydrogens is 980 g/mol. The summed E-state index contributed by atoms with van der Waals surface area (Å²) in [5.74, 6) is 0.972. The van der Waals surface area contributed by atoms with Crippen LogP contribution in [0.15, 0.2) is 36.5 Å². The van der Waals surface area contributed by atoms with E-state index in [9.17, 15) is 10.2 Å². The van der Waals surface area contributed by atoms with Crippen LogP contribution in [-0.2, 0) is 41.3 Å². The van der Waals surface area contributed by atoms with Crippen molar-refractivity contribution >= 4 is 44.2 Å². The molecule has 2 aliphatic heterocycles. The third-order valence-electron chi connectivity index (χ3n) is 10.8. The normalized spacial score (nSPS) is 12.5. The average Bonchev–Trinajstić information content (AvgIpc) is 3.89. The minimum Gasteiger partial charge on any atom is -0.657 e. The zero-order valence-electron chi connectivity index (χ0n) is 38.3. The molecule has 14 nitrogen and oxygen atoms in total. The van der Waals surface area contributed by atoms with E-state index >= 15 is 0 Å². The van der Waals surface area contributed by atoms with Gasteiger partial charge in [-0.25, -0.2) is 4.98 Å². The number of hydrogen-bond donors (Lipinski definition) is 2. The molecule has 0 spiro atoms. The van der Waals surface area contributed by atoms with Gasteiger partial charge in [-0.15, -0.1) is 28.6 Å². The molecule has 2 aliphatic rings. The van der Waals surface area contributed by atoms with Gasteiger partial charge in [0.1, 0.15) is 24.7 Å². The molecule has 0 unspecified atom stereocenters. The van der Waals surface area contributed by atoms with E-state index in [-0.39, 0.29) is 63.3 Å². The molecule has 0 fully saturated rings. The fraction of sp³-hybridized carbons (Fsp3) is 0.531. The third-order valence-corrected chi connectivity index (χ3v) is 10.8. The van der Waals surface area contributed by atoms with E-state index in [1.807, 2.05) is 18.2 Å². The van der Waals surface area contributed by atoms with E-state index in [1.165, 1.54) is 11.1 Å². The van der Waals surface area contributed by atoms with Crippen LogP contribution in [0.4, 0.5) is 0 Å². The Balaban J connectivity index is 0.00000898. The Kier molecular flexibility index (Phi) is 24.5. The van der Waals surface area contributed by atoms with Crippen molar-refractivity contribution in [3.05, 3.63) is 76.5 Å². The van der Waals surface area contributed by atoms with Crippen LogP contribution in [0.1, 0.15) is 87.3 Å². The molecule has 0 saturated heterocycles. The molecule has 4 heterocycles. The molecule has 0 aliphatic carbocycles. The zero-order chi connectivity index (χ0) is 44.8. The topological polar surface area (TPSA) is 167 Å². The summed E-state index contributed by atoms with van der Waals surface area (Å²) in [5.41, 5.74) is 12.0. The standard InChI is InChI=1S/C49H66N4O10.Lu/c1-7-37-38(8-2)44-31-46-40(12-10-16-55)35(4)47(53-46)33-50-42-32-49(63-28-26-61-24-22-59-20-18-57-6)48(62-27-25-60-23-21-58-19-17-56-5)29-36(42)13-14-41-34(3)39(11-9-15-54)45(51-41)30-43(37)52-44;/h14,29-33,54-55H,7-12,15-28H2,1-6H3;/q-2;. The van der Waals surface area contributed by atoms with Crippen LogP contribution < -0.4 is 14.5 Å². The summed E-state index contributed by atoms with van der Waals surface area (Å²) in [6.07, 6.45) is 5.92. The van der Waals surface area contributed by atoms with Gasteiger partial charge >= 0.3 is 0 Å². The van der Waals surface area contributed by atoms with Gasteiger partial charge in [-0.2, -0.15) is 0 Å². The smallest absolute Gasteiger partial charge is 0.144 e. The zero-order valence-corrected chi connectivity index (χ0v) is 40.0. The summed E-state index contributed by atoms with van der Waals surface area (Å²) in [4.78, 5) is 20.5. The Labute approximate surface area is 407 Å². The fourth-order valence-corrected chi connectivity index (χ4v) is 7.39. The Morgan fingerprint density at radius 2 is 1.03 bits per heavy atom. The molecule has 359 valence electrons. The van der Waals surface area contributed by atoms with Crippen molar-refractivity contribution in [2.45, 2.75) is 66.2 Å². The predicted octanol–water partition coefficient (Wildman–Crippen LogP) is 7.02. The second kappa shape index (κ2) is 29.4. The average molecular weight is 1050 g/mol. The van der Waals surface area contributed by atoms with Crippen molar-refractivity contribution < 1.29 is 85.0 Å². The second-order valence-corrected chi connectivity index (χ2v) is 15.0. The van der Waals surface area contributed by atoms with Crippen molar-refractivity contribution in [1.82, 2.24) is 19.9 Å². The summed E-state index contributed by atoms with van der Waals surface area (Å²) < 4.78 is 45.3. The molecule has 0 amide bonds. The molecule has 64 heavy (non-hydrogen) atoms. The van der Waals surface area contributed by atoms with E-state index in [0.717, 1.165) is 68.9 Å². The van der Waals surface area contributed by atoms with E-state index < -0.39 is 0 Å². The van der Waals surface area contributed by atoms with Crippen molar-refractivity contribution in [3.63, 3.8) is 0 Å². The minimum absolute atomic E-state index is 0. The number of aryl methyl sites for hydroxylation is 2. The molecule has 6 bridgehead atoms. The van der Waals surface area contributed by atoms with Crippen molar-refractivity contribution in [3.8, 4) is 11.5 Å². The van der Waals surface area contributed by atoms with Crippen LogP contribution in [0.25, 0.3) is 44.2 Å². The molecule has 1 radical (unpaired) electrons. The fourth-order valence-electron chi connectivity index (χ4n) is 7.39. The number of allylic oxidation sites excluding steroid dienone is 4. The number of ether oxygens (including phenoxy) is 8. The van der Waals surface area contributed by atoms with Crippen molar-refractivity contribution in [2.75, 3.05) is 107 Å². The molecule has 5 rings (SSSR count). The van der Waals surface area contributed by atoms with Crippen LogP contribution in [0.3, 0.4) is 0 Å². The number of rotatable bonds is 28. The predicted molar refractivity (Wildman–Crippen MR) is 245 cm³/mol. The number of aliphatic hydroxyl groups is 2. The Bertz CT molecular complexity index is 2040. The maximum Gasteiger partial charge on any atom is 0.144 e. The summed E-state index contributed by atoms with van der Waals surface area (Å²) in [6.45, 7) is 13.6. The van der Waals surface area contributed by atoms with Crippen LogP contribution in [0, 0.1) is 42.9 Å². The first-order valence-electron chi connectivity index (χ1n) is 22.1. The number of hydrogen-bond acceptors (Lipinski definition) is 13. The van der Waals surface area contributed by atoms with Crippen LogP contribution in [0.5, 0.6) is 11.5 Å². The van der Waals surface area contributed by atoms with Crippen LogP contribution in [-0.4, -0.2) is 132 Å². The number of benzene rings is 1. The van der Waals surface area contributed by atoms with E-state index in [1.54, 1.807) is 20.4 Å². The van der Waals surface area contributed by atoms with Crippen molar-refractivity contribution in [2.24, 2.45) is 0 Å². The van der Waals surface area contributed by atoms with Gasteiger partial charge in [-0.1, -0.05) is 48.7 Å². The molecule has 3 aromatic rings. The second-order valence-electron chi connectivity index (χ2n) is 15.0. The summed E-state index contributed by atoms with van der Waals surface area (Å²) in [6, 6.07) is 13.3. The largest absolute Gasteiger partial charge is 0.657 e. The molecule has 0 atom stereocenters. The van der Waals surface area contributed by atoms with Crippen LogP contribution >= 0.6 is 0 Å². The molecule has 0 saturated carbocycles. The van der Waals surface area contributed by atoms with E-state index in [2.05, 4.69) is 45.9 Å². The summed E-state index contributed by atoms with van der Waals surface area (Å²) in [7, 11) is 3.28. The monoisotopic (exact) mass is 1050 g/mol. The Morgan fingerprint density at radius 3 is 1.52 bits per heavy atom. The van der Waals surface area contributed by atoms with E-state index in [4.69, 9.17) is 57.8 Å². The van der Waals surface area contributed by atoms with Gasteiger partial charge in [0.15, 0.2) is 0 Å². The number of aliphatic hydroxyl groups excluding tert-OH is 2. The first kappa shape index (κ1) is 53.3. The van der Waals surface area contributed by atoms with Crippen molar-refractivity contribution in [1.29, 1.82) is 0 Å². The summed E-state index contributed by atoms with van der Waals surface area (Å²) >= 11 is 0. The first-order chi connectivity index (χ1) is 30.9. The van der Waals surface area contributed by atoms with Gasteiger partial charge < -0.3 is 58.1 Å². The van der Waals surface area contributed by atoms with Crippen LogP contribution in [0.2, 0.25) is 0 Å². The van der Waals surface area contributed by atoms with Gasteiger partial charge in [0.05, 0.1) is 83.2 Å². The van der Waals surface area contributed by atoms with Gasteiger partial charge in [-0.3, -0.25) is 4.98 Å². The Morgan fingerprint density at radius 1 is 0.578 bits per heavy atom. The number of aromatic nitrogens is 4. The SMILES string of the molecule is CCc1c(CC)c2cc3nc(cnc4cc(OCCOCCOCCOC)c(OCCOCCOCCOC)cc4[c-]cc4nc(cc1[n-]2)C(CCCO)=C4C)C(C)=C3CCCO.[Lu].